The van der Waals surface area contributed by atoms with Crippen molar-refractivity contribution in [3.63, 3.8) is 0 Å². The van der Waals surface area contributed by atoms with Crippen LogP contribution in [0.5, 0.6) is 0 Å². The van der Waals surface area contributed by atoms with E-state index in [-0.39, 0.29) is 12.1 Å². The highest BCUT2D eigenvalue weighted by Crippen LogP contribution is 2.15. The van der Waals surface area contributed by atoms with Gasteiger partial charge in [-0.3, -0.25) is 0 Å². The topological polar surface area (TPSA) is 81.5 Å². The van der Waals surface area contributed by atoms with E-state index in [0.717, 1.165) is 12.8 Å². The van der Waals surface area contributed by atoms with Crippen LogP contribution in [0.1, 0.15) is 12.8 Å². The van der Waals surface area contributed by atoms with Gasteiger partial charge in [0.2, 0.25) is 0 Å². The van der Waals surface area contributed by atoms with Crippen LogP contribution in [0.3, 0.4) is 0 Å². The summed E-state index contributed by atoms with van der Waals surface area (Å²) in [6.07, 6.45) is 0.828. The molecule has 0 spiro atoms. The molecule has 0 aliphatic carbocycles. The summed E-state index contributed by atoms with van der Waals surface area (Å²) in [5.41, 5.74) is 10.8. The van der Waals surface area contributed by atoms with Gasteiger partial charge in [-0.15, -0.1) is 0 Å². The Kier molecular flexibility index (Phi) is 2.62. The van der Waals surface area contributed by atoms with E-state index in [2.05, 4.69) is 0 Å². The summed E-state index contributed by atoms with van der Waals surface area (Å²) in [5, 5.41) is 9.08. The summed E-state index contributed by atoms with van der Waals surface area (Å²) in [6.45, 7) is 0.462. The second-order valence-corrected chi connectivity index (χ2v) is 2.63. The van der Waals surface area contributed by atoms with Crippen molar-refractivity contribution in [1.82, 2.24) is 0 Å². The SMILES string of the molecule is NC[C@@H]1CC[C@H](N)[C@@H](O)O1. The lowest BCUT2D eigenvalue weighted by atomic mass is 10.0. The molecule has 4 nitrogen and oxygen atoms in total. The molecule has 0 bridgehead atoms. The van der Waals surface area contributed by atoms with Gasteiger partial charge < -0.3 is 21.3 Å². The van der Waals surface area contributed by atoms with E-state index < -0.39 is 6.29 Å². The maximum Gasteiger partial charge on any atom is 0.170 e. The van der Waals surface area contributed by atoms with Gasteiger partial charge in [0.25, 0.3) is 0 Å². The summed E-state index contributed by atoms with van der Waals surface area (Å²) >= 11 is 0. The first-order valence-electron chi connectivity index (χ1n) is 3.53. The van der Waals surface area contributed by atoms with Crippen LogP contribution in [0.25, 0.3) is 0 Å². The Morgan fingerprint density at radius 2 is 2.20 bits per heavy atom. The van der Waals surface area contributed by atoms with E-state index in [4.69, 9.17) is 21.3 Å². The first kappa shape index (κ1) is 7.94. The quantitative estimate of drug-likeness (QED) is 0.432. The van der Waals surface area contributed by atoms with Crippen molar-refractivity contribution in [3.8, 4) is 0 Å². The van der Waals surface area contributed by atoms with E-state index in [1.54, 1.807) is 0 Å². The summed E-state index contributed by atoms with van der Waals surface area (Å²) in [6, 6.07) is -0.234. The van der Waals surface area contributed by atoms with E-state index in [9.17, 15) is 0 Å². The molecule has 0 unspecified atom stereocenters. The zero-order valence-corrected chi connectivity index (χ0v) is 5.86. The standard InChI is InChI=1S/C6H14N2O2/c7-3-4-1-2-5(8)6(9)10-4/h4-6,9H,1-3,7-8H2/t4-,5-,6-/m0/s1. The van der Waals surface area contributed by atoms with Crippen molar-refractivity contribution in [2.75, 3.05) is 6.54 Å². The Morgan fingerprint density at radius 3 is 2.70 bits per heavy atom. The minimum absolute atomic E-state index is 0.00481. The highest BCUT2D eigenvalue weighted by atomic mass is 16.6. The fraction of sp³-hybridized carbons (Fsp3) is 1.00. The smallest absolute Gasteiger partial charge is 0.170 e. The van der Waals surface area contributed by atoms with Crippen LogP contribution in [0.15, 0.2) is 0 Å². The van der Waals surface area contributed by atoms with Crippen molar-refractivity contribution in [1.29, 1.82) is 0 Å². The summed E-state index contributed by atoms with van der Waals surface area (Å²) in [7, 11) is 0. The number of aliphatic hydroxyl groups excluding tert-OH is 1. The highest BCUT2D eigenvalue weighted by Gasteiger charge is 2.25. The second kappa shape index (κ2) is 3.30. The summed E-state index contributed by atoms with van der Waals surface area (Å²) in [5.74, 6) is 0. The van der Waals surface area contributed by atoms with Gasteiger partial charge in [0.15, 0.2) is 6.29 Å². The van der Waals surface area contributed by atoms with Gasteiger partial charge in [0.1, 0.15) is 0 Å². The molecule has 1 rings (SSSR count). The molecule has 1 saturated heterocycles. The Bertz CT molecular complexity index is 110. The molecular formula is C6H14N2O2. The Hall–Kier alpha value is -0.160. The van der Waals surface area contributed by atoms with Crippen molar-refractivity contribution in [2.45, 2.75) is 31.3 Å². The molecule has 0 aromatic carbocycles. The Morgan fingerprint density at radius 1 is 1.50 bits per heavy atom. The number of hydrogen-bond acceptors (Lipinski definition) is 4. The minimum atomic E-state index is -0.817. The van der Waals surface area contributed by atoms with Crippen LogP contribution in [0.2, 0.25) is 0 Å². The zero-order chi connectivity index (χ0) is 7.56. The number of ether oxygens (including phenoxy) is 1. The predicted molar refractivity (Wildman–Crippen MR) is 37.1 cm³/mol. The number of hydrogen-bond donors (Lipinski definition) is 3. The van der Waals surface area contributed by atoms with Gasteiger partial charge >= 0.3 is 0 Å². The molecule has 0 aromatic heterocycles. The molecule has 0 radical (unpaired) electrons. The summed E-state index contributed by atoms with van der Waals surface area (Å²) < 4.78 is 5.05. The zero-order valence-electron chi connectivity index (χ0n) is 5.86. The third-order valence-corrected chi connectivity index (χ3v) is 1.78. The molecule has 3 atom stereocenters. The second-order valence-electron chi connectivity index (χ2n) is 2.63. The molecule has 1 heterocycles. The van der Waals surface area contributed by atoms with Crippen molar-refractivity contribution < 1.29 is 9.84 Å². The first-order valence-corrected chi connectivity index (χ1v) is 3.53. The molecule has 0 saturated carbocycles. The third kappa shape index (κ3) is 1.67. The van der Waals surface area contributed by atoms with Crippen LogP contribution in [0.4, 0.5) is 0 Å². The van der Waals surface area contributed by atoms with Gasteiger partial charge in [-0.2, -0.15) is 0 Å². The molecule has 60 valence electrons. The van der Waals surface area contributed by atoms with E-state index in [1.165, 1.54) is 0 Å². The van der Waals surface area contributed by atoms with Gasteiger partial charge in [0.05, 0.1) is 12.1 Å². The molecule has 0 amide bonds. The van der Waals surface area contributed by atoms with Crippen molar-refractivity contribution in [3.05, 3.63) is 0 Å². The van der Waals surface area contributed by atoms with Gasteiger partial charge in [-0.05, 0) is 12.8 Å². The minimum Gasteiger partial charge on any atom is -0.367 e. The maximum absolute atomic E-state index is 9.08. The van der Waals surface area contributed by atoms with Crippen LogP contribution >= 0.6 is 0 Å². The van der Waals surface area contributed by atoms with Crippen LogP contribution < -0.4 is 11.5 Å². The van der Waals surface area contributed by atoms with Gasteiger partial charge in [0, 0.05) is 6.54 Å². The normalized spacial score (nSPS) is 41.7. The molecule has 5 N–H and O–H groups in total. The van der Waals surface area contributed by atoms with Crippen molar-refractivity contribution >= 4 is 0 Å². The van der Waals surface area contributed by atoms with Crippen LogP contribution in [-0.4, -0.2) is 30.1 Å². The van der Waals surface area contributed by atoms with Gasteiger partial charge in [-0.25, -0.2) is 0 Å². The van der Waals surface area contributed by atoms with E-state index in [0.29, 0.717) is 6.54 Å². The lowest BCUT2D eigenvalue weighted by molar-refractivity contribution is -0.169. The monoisotopic (exact) mass is 146 g/mol. The highest BCUT2D eigenvalue weighted by molar-refractivity contribution is 4.75. The lowest BCUT2D eigenvalue weighted by Crippen LogP contribution is -2.46. The molecule has 1 aliphatic rings. The predicted octanol–water partition coefficient (Wildman–Crippen LogP) is -1.23. The maximum atomic E-state index is 9.08. The molecule has 4 heteroatoms. The van der Waals surface area contributed by atoms with Crippen LogP contribution in [-0.2, 0) is 4.74 Å². The fourth-order valence-corrected chi connectivity index (χ4v) is 1.06. The number of nitrogens with two attached hydrogens (primary N) is 2. The summed E-state index contributed by atoms with van der Waals surface area (Å²) in [4.78, 5) is 0. The molecule has 1 aliphatic heterocycles. The fourth-order valence-electron chi connectivity index (χ4n) is 1.06. The number of aliphatic hydroxyl groups is 1. The Labute approximate surface area is 60.1 Å². The average Bonchev–Trinajstić information content (AvgIpc) is 1.95. The van der Waals surface area contributed by atoms with Gasteiger partial charge in [-0.1, -0.05) is 0 Å². The molecular weight excluding hydrogens is 132 g/mol. The number of rotatable bonds is 1. The Balaban J connectivity index is 2.33. The average molecular weight is 146 g/mol. The molecule has 0 aromatic rings. The first-order chi connectivity index (χ1) is 4.74. The van der Waals surface area contributed by atoms with E-state index in [1.807, 2.05) is 0 Å². The largest absolute Gasteiger partial charge is 0.367 e. The molecule has 10 heavy (non-hydrogen) atoms. The third-order valence-electron chi connectivity index (χ3n) is 1.78. The molecule has 1 fully saturated rings. The lowest BCUT2D eigenvalue weighted by Gasteiger charge is -2.30. The van der Waals surface area contributed by atoms with Crippen molar-refractivity contribution in [2.24, 2.45) is 11.5 Å². The van der Waals surface area contributed by atoms with E-state index >= 15 is 0 Å². The van der Waals surface area contributed by atoms with Crippen LogP contribution in [0, 0.1) is 0 Å².